The highest BCUT2D eigenvalue weighted by Crippen LogP contribution is 2.37. The van der Waals surface area contributed by atoms with Crippen molar-refractivity contribution in [3.63, 3.8) is 0 Å². The summed E-state index contributed by atoms with van der Waals surface area (Å²) in [5.74, 6) is 0.337. The number of allylic oxidation sites excluding steroid dienone is 1. The van der Waals surface area contributed by atoms with Crippen molar-refractivity contribution >= 4 is 50.5 Å². The topological polar surface area (TPSA) is 77.2 Å². The van der Waals surface area contributed by atoms with Gasteiger partial charge in [0, 0.05) is 33.7 Å². The first kappa shape index (κ1) is 20.1. The van der Waals surface area contributed by atoms with E-state index in [1.54, 1.807) is 13.4 Å². The Morgan fingerprint density at radius 3 is 2.67 bits per heavy atom. The summed E-state index contributed by atoms with van der Waals surface area (Å²) >= 11 is 7.33. The predicted molar refractivity (Wildman–Crippen MR) is 120 cm³/mol. The van der Waals surface area contributed by atoms with E-state index in [-0.39, 0.29) is 5.91 Å². The molecule has 0 aliphatic rings. The van der Waals surface area contributed by atoms with Crippen LogP contribution in [0.1, 0.15) is 17.5 Å². The van der Waals surface area contributed by atoms with Gasteiger partial charge in [-0.25, -0.2) is 0 Å². The molecule has 6 nitrogen and oxygen atoms in total. The fraction of sp³-hybridized carbons (Fsp3) is 0.136. The number of carbonyl (C=O) groups is 1. The lowest BCUT2D eigenvalue weighted by atomic mass is 9.99. The van der Waals surface area contributed by atoms with Crippen LogP contribution in [0, 0.1) is 6.92 Å². The van der Waals surface area contributed by atoms with Crippen molar-refractivity contribution in [3.8, 4) is 16.9 Å². The summed E-state index contributed by atoms with van der Waals surface area (Å²) in [5.41, 5.74) is 4.16. The van der Waals surface area contributed by atoms with Crippen molar-refractivity contribution in [2.45, 2.75) is 13.8 Å². The number of anilines is 1. The molecule has 30 heavy (non-hydrogen) atoms. The standard InChI is InChI=1S/C22H18ClN3O3S/c1-12(8-21(27)24-22-26-25-13(2)30-22)16-9-17-18(14-4-6-15(23)7-5-14)11-29-20(17)10-19(16)28-3/h4-11H,1-3H3,(H,24,26,27)/b12-8+. The Bertz CT molecular complexity index is 1260. The van der Waals surface area contributed by atoms with Gasteiger partial charge in [-0.05, 0) is 43.2 Å². The van der Waals surface area contributed by atoms with E-state index in [0.29, 0.717) is 21.5 Å². The number of amides is 1. The highest BCUT2D eigenvalue weighted by molar-refractivity contribution is 7.15. The summed E-state index contributed by atoms with van der Waals surface area (Å²) in [7, 11) is 1.59. The number of fused-ring (bicyclic) bond motifs is 1. The van der Waals surface area contributed by atoms with E-state index in [1.807, 2.05) is 50.2 Å². The molecule has 0 saturated heterocycles. The number of nitrogens with zero attached hydrogens (tertiary/aromatic N) is 2. The lowest BCUT2D eigenvalue weighted by Gasteiger charge is -2.10. The van der Waals surface area contributed by atoms with E-state index in [1.165, 1.54) is 17.4 Å². The number of aromatic nitrogens is 2. The van der Waals surface area contributed by atoms with Gasteiger partial charge in [-0.1, -0.05) is 35.1 Å². The molecule has 4 aromatic rings. The molecule has 0 atom stereocenters. The lowest BCUT2D eigenvalue weighted by molar-refractivity contribution is -0.111. The second-order valence-corrected chi connectivity index (χ2v) is 8.27. The predicted octanol–water partition coefficient (Wildman–Crippen LogP) is 5.96. The van der Waals surface area contributed by atoms with Gasteiger partial charge in [0.05, 0.1) is 13.4 Å². The molecule has 1 N–H and O–H groups in total. The molecule has 0 bridgehead atoms. The number of methoxy groups -OCH3 is 1. The Morgan fingerprint density at radius 2 is 2.00 bits per heavy atom. The highest BCUT2D eigenvalue weighted by Gasteiger charge is 2.15. The minimum absolute atomic E-state index is 0.282. The molecule has 0 unspecified atom stereocenters. The van der Waals surface area contributed by atoms with Crippen LogP contribution in [0.5, 0.6) is 5.75 Å². The van der Waals surface area contributed by atoms with Crippen molar-refractivity contribution in [1.82, 2.24) is 10.2 Å². The molecule has 4 rings (SSSR count). The molecular weight excluding hydrogens is 422 g/mol. The molecule has 152 valence electrons. The zero-order valence-corrected chi connectivity index (χ0v) is 18.1. The van der Waals surface area contributed by atoms with E-state index >= 15 is 0 Å². The van der Waals surface area contributed by atoms with Crippen molar-refractivity contribution < 1.29 is 13.9 Å². The SMILES string of the molecule is COc1cc2occ(-c3ccc(Cl)cc3)c2cc1/C(C)=C/C(=O)Nc1nnc(C)s1. The molecule has 1 amide bonds. The lowest BCUT2D eigenvalue weighted by Crippen LogP contribution is -2.08. The third-order valence-corrected chi connectivity index (χ3v) is 5.59. The summed E-state index contributed by atoms with van der Waals surface area (Å²) in [6, 6.07) is 11.4. The maximum Gasteiger partial charge on any atom is 0.250 e. The smallest absolute Gasteiger partial charge is 0.250 e. The number of aryl methyl sites for hydroxylation is 1. The van der Waals surface area contributed by atoms with Crippen LogP contribution in [0.2, 0.25) is 5.02 Å². The Labute approximate surface area is 182 Å². The van der Waals surface area contributed by atoms with Gasteiger partial charge in [0.1, 0.15) is 16.3 Å². The largest absolute Gasteiger partial charge is 0.496 e. The van der Waals surface area contributed by atoms with Crippen molar-refractivity contribution in [1.29, 1.82) is 0 Å². The molecule has 2 heterocycles. The highest BCUT2D eigenvalue weighted by atomic mass is 35.5. The minimum Gasteiger partial charge on any atom is -0.496 e. The molecule has 2 aromatic carbocycles. The second-order valence-electron chi connectivity index (χ2n) is 6.65. The Morgan fingerprint density at radius 1 is 1.23 bits per heavy atom. The van der Waals surface area contributed by atoms with Crippen LogP contribution in [0.3, 0.4) is 0 Å². The van der Waals surface area contributed by atoms with Gasteiger partial charge in [-0.2, -0.15) is 0 Å². The quantitative estimate of drug-likeness (QED) is 0.388. The number of ether oxygens (including phenoxy) is 1. The molecular formula is C22H18ClN3O3S. The monoisotopic (exact) mass is 439 g/mol. The average molecular weight is 440 g/mol. The summed E-state index contributed by atoms with van der Waals surface area (Å²) in [5, 5.41) is 13.4. The van der Waals surface area contributed by atoms with Crippen LogP contribution in [-0.2, 0) is 4.79 Å². The molecule has 8 heteroatoms. The number of carbonyl (C=O) groups excluding carboxylic acids is 1. The van der Waals surface area contributed by atoms with Crippen LogP contribution in [0.4, 0.5) is 5.13 Å². The maximum absolute atomic E-state index is 12.4. The van der Waals surface area contributed by atoms with Crippen molar-refractivity contribution in [3.05, 3.63) is 64.3 Å². The van der Waals surface area contributed by atoms with Gasteiger partial charge in [-0.3, -0.25) is 10.1 Å². The van der Waals surface area contributed by atoms with Gasteiger partial charge in [0.2, 0.25) is 11.0 Å². The molecule has 2 aromatic heterocycles. The molecule has 0 radical (unpaired) electrons. The Balaban J connectivity index is 1.72. The zero-order chi connectivity index (χ0) is 21.3. The molecule has 0 aliphatic carbocycles. The molecule has 0 spiro atoms. The average Bonchev–Trinajstić information content (AvgIpc) is 3.32. The van der Waals surface area contributed by atoms with Crippen LogP contribution in [0.15, 0.2) is 53.2 Å². The van der Waals surface area contributed by atoms with Crippen LogP contribution >= 0.6 is 22.9 Å². The normalized spacial score (nSPS) is 11.7. The van der Waals surface area contributed by atoms with E-state index in [4.69, 9.17) is 20.8 Å². The third kappa shape index (κ3) is 4.08. The number of hydrogen-bond acceptors (Lipinski definition) is 6. The van der Waals surface area contributed by atoms with Crippen LogP contribution in [-0.4, -0.2) is 23.2 Å². The maximum atomic E-state index is 12.4. The van der Waals surface area contributed by atoms with Crippen LogP contribution < -0.4 is 10.1 Å². The fourth-order valence-corrected chi connectivity index (χ4v) is 3.87. The number of nitrogens with one attached hydrogen (secondary N) is 1. The molecule has 0 fully saturated rings. The zero-order valence-electron chi connectivity index (χ0n) is 16.5. The number of furan rings is 1. The summed E-state index contributed by atoms with van der Waals surface area (Å²) in [6.07, 6.45) is 3.23. The summed E-state index contributed by atoms with van der Waals surface area (Å²) in [6.45, 7) is 3.69. The van der Waals surface area contributed by atoms with Gasteiger partial charge >= 0.3 is 0 Å². The van der Waals surface area contributed by atoms with E-state index in [2.05, 4.69) is 15.5 Å². The second kappa shape index (κ2) is 8.30. The van der Waals surface area contributed by atoms with Crippen LogP contribution in [0.25, 0.3) is 27.7 Å². The Kier molecular flexibility index (Phi) is 5.57. The summed E-state index contributed by atoms with van der Waals surface area (Å²) in [4.78, 5) is 12.4. The van der Waals surface area contributed by atoms with E-state index in [0.717, 1.165) is 32.7 Å². The summed E-state index contributed by atoms with van der Waals surface area (Å²) < 4.78 is 11.3. The first-order valence-electron chi connectivity index (χ1n) is 9.09. The number of halogens is 1. The number of hydrogen-bond donors (Lipinski definition) is 1. The third-order valence-electron chi connectivity index (χ3n) is 4.58. The minimum atomic E-state index is -0.282. The van der Waals surface area contributed by atoms with Crippen molar-refractivity contribution in [2.75, 3.05) is 12.4 Å². The first-order valence-corrected chi connectivity index (χ1v) is 10.3. The van der Waals surface area contributed by atoms with Crippen molar-refractivity contribution in [2.24, 2.45) is 0 Å². The molecule has 0 saturated carbocycles. The fourth-order valence-electron chi connectivity index (χ4n) is 3.15. The van der Waals surface area contributed by atoms with Gasteiger partial charge in [0.25, 0.3) is 0 Å². The first-order chi connectivity index (χ1) is 14.4. The van der Waals surface area contributed by atoms with Gasteiger partial charge in [0.15, 0.2) is 0 Å². The van der Waals surface area contributed by atoms with Gasteiger partial charge in [-0.15, -0.1) is 10.2 Å². The number of benzene rings is 2. The van der Waals surface area contributed by atoms with E-state index < -0.39 is 0 Å². The van der Waals surface area contributed by atoms with Gasteiger partial charge < -0.3 is 9.15 Å². The van der Waals surface area contributed by atoms with E-state index in [9.17, 15) is 4.79 Å². The number of rotatable bonds is 5. The Hall–Kier alpha value is -3.16. The molecule has 0 aliphatic heterocycles.